The van der Waals surface area contributed by atoms with E-state index in [1.807, 2.05) is 35.1 Å². The van der Waals surface area contributed by atoms with Crippen molar-refractivity contribution < 1.29 is 8.42 Å². The molecule has 3 aromatic rings. The molecule has 0 spiro atoms. The molecule has 9 heteroatoms. The van der Waals surface area contributed by atoms with E-state index in [2.05, 4.69) is 20.0 Å². The lowest BCUT2D eigenvalue weighted by molar-refractivity contribution is 0.522. The molecule has 0 bridgehead atoms. The summed E-state index contributed by atoms with van der Waals surface area (Å²) in [6, 6.07) is 11.5. The molecule has 7 nitrogen and oxygen atoms in total. The summed E-state index contributed by atoms with van der Waals surface area (Å²) >= 11 is 1.67. The number of hydrogen-bond acceptors (Lipinski definition) is 6. The van der Waals surface area contributed by atoms with E-state index in [4.69, 9.17) is 0 Å². The fourth-order valence-electron chi connectivity index (χ4n) is 3.10. The van der Waals surface area contributed by atoms with Gasteiger partial charge in [-0.2, -0.15) is 8.42 Å². The van der Waals surface area contributed by atoms with E-state index in [9.17, 15) is 8.42 Å². The highest BCUT2D eigenvalue weighted by Crippen LogP contribution is 2.23. The first-order valence-corrected chi connectivity index (χ1v) is 11.7. The zero-order valence-corrected chi connectivity index (χ0v) is 17.1. The number of aromatic nitrogens is 3. The SMILES string of the molecule is CSc1cccc(Nc2ccc(NS(=O)(=O)c3cn4c(n3)CCCC4)nc2)c1. The number of nitrogens with zero attached hydrogens (tertiary/aromatic N) is 3. The maximum absolute atomic E-state index is 12.6. The Hall–Kier alpha value is -2.52. The van der Waals surface area contributed by atoms with Crippen molar-refractivity contribution in [3.8, 4) is 0 Å². The summed E-state index contributed by atoms with van der Waals surface area (Å²) in [6.45, 7) is 0.814. The maximum atomic E-state index is 12.6. The highest BCUT2D eigenvalue weighted by atomic mass is 32.2. The molecule has 0 fully saturated rings. The van der Waals surface area contributed by atoms with Gasteiger partial charge in [-0.25, -0.2) is 9.97 Å². The fourth-order valence-corrected chi connectivity index (χ4v) is 4.55. The average Bonchev–Trinajstić information content (AvgIpc) is 3.15. The predicted molar refractivity (Wildman–Crippen MR) is 112 cm³/mol. The van der Waals surface area contributed by atoms with Crippen molar-refractivity contribution in [1.82, 2.24) is 14.5 Å². The van der Waals surface area contributed by atoms with E-state index in [1.165, 1.54) is 0 Å². The van der Waals surface area contributed by atoms with Crippen molar-refractivity contribution in [2.45, 2.75) is 35.7 Å². The zero-order chi connectivity index (χ0) is 19.6. The minimum atomic E-state index is -3.76. The van der Waals surface area contributed by atoms with Crippen LogP contribution in [0.4, 0.5) is 17.2 Å². The number of pyridine rings is 1. The van der Waals surface area contributed by atoms with Crippen LogP contribution in [0, 0.1) is 0 Å². The quantitative estimate of drug-likeness (QED) is 0.594. The highest BCUT2D eigenvalue weighted by Gasteiger charge is 2.22. The molecule has 1 aliphatic heterocycles. The summed E-state index contributed by atoms with van der Waals surface area (Å²) in [5, 5.41) is 3.31. The number of anilines is 3. The number of hydrogen-bond donors (Lipinski definition) is 2. The van der Waals surface area contributed by atoms with Crippen LogP contribution in [0.1, 0.15) is 18.7 Å². The van der Waals surface area contributed by atoms with Gasteiger partial charge in [-0.3, -0.25) is 4.72 Å². The molecule has 4 rings (SSSR count). The average molecular weight is 416 g/mol. The van der Waals surface area contributed by atoms with E-state index in [-0.39, 0.29) is 10.8 Å². The number of benzene rings is 1. The van der Waals surface area contributed by atoms with Crippen LogP contribution >= 0.6 is 11.8 Å². The monoisotopic (exact) mass is 415 g/mol. The van der Waals surface area contributed by atoms with Crippen molar-refractivity contribution >= 4 is 39.0 Å². The van der Waals surface area contributed by atoms with E-state index < -0.39 is 10.0 Å². The van der Waals surface area contributed by atoms with Gasteiger partial charge in [-0.05, 0) is 49.4 Å². The van der Waals surface area contributed by atoms with Crippen molar-refractivity contribution in [2.24, 2.45) is 0 Å². The van der Waals surface area contributed by atoms with Crippen LogP contribution in [-0.4, -0.2) is 29.2 Å². The Morgan fingerprint density at radius 2 is 2.04 bits per heavy atom. The summed E-state index contributed by atoms with van der Waals surface area (Å²) in [5.41, 5.74) is 1.73. The van der Waals surface area contributed by atoms with E-state index in [1.54, 1.807) is 36.3 Å². The molecule has 0 saturated heterocycles. The van der Waals surface area contributed by atoms with E-state index in [0.717, 1.165) is 47.9 Å². The molecule has 146 valence electrons. The minimum absolute atomic E-state index is 0.0438. The molecule has 0 saturated carbocycles. The van der Waals surface area contributed by atoms with Gasteiger partial charge in [-0.15, -0.1) is 11.8 Å². The second kappa shape index (κ2) is 7.84. The molecule has 0 unspecified atom stereocenters. The van der Waals surface area contributed by atoms with Crippen LogP contribution in [0.3, 0.4) is 0 Å². The van der Waals surface area contributed by atoms with Crippen LogP contribution in [0.15, 0.2) is 58.7 Å². The third-order valence-electron chi connectivity index (χ3n) is 4.52. The second-order valence-electron chi connectivity index (χ2n) is 6.54. The predicted octanol–water partition coefficient (Wildman–Crippen LogP) is 3.88. The summed E-state index contributed by atoms with van der Waals surface area (Å²) in [7, 11) is -3.76. The Morgan fingerprint density at radius 1 is 1.14 bits per heavy atom. The molecule has 1 aliphatic rings. The van der Waals surface area contributed by atoms with Crippen molar-refractivity contribution in [1.29, 1.82) is 0 Å². The smallest absolute Gasteiger partial charge is 0.282 e. The van der Waals surface area contributed by atoms with Gasteiger partial charge < -0.3 is 9.88 Å². The summed E-state index contributed by atoms with van der Waals surface area (Å²) in [6.07, 6.45) is 8.13. The van der Waals surface area contributed by atoms with Crippen LogP contribution in [0.5, 0.6) is 0 Å². The molecule has 3 heterocycles. The van der Waals surface area contributed by atoms with Gasteiger partial charge in [0.1, 0.15) is 11.6 Å². The maximum Gasteiger partial charge on any atom is 0.282 e. The minimum Gasteiger partial charge on any atom is -0.354 e. The molecule has 1 aromatic carbocycles. The third-order valence-corrected chi connectivity index (χ3v) is 6.47. The van der Waals surface area contributed by atoms with Gasteiger partial charge in [0.2, 0.25) is 0 Å². The van der Waals surface area contributed by atoms with Gasteiger partial charge in [0.25, 0.3) is 10.0 Å². The molecule has 28 heavy (non-hydrogen) atoms. The number of aryl methyl sites for hydroxylation is 2. The molecule has 2 N–H and O–H groups in total. The molecule has 0 radical (unpaired) electrons. The first-order valence-electron chi connectivity index (χ1n) is 8.99. The zero-order valence-electron chi connectivity index (χ0n) is 15.4. The molecule has 0 amide bonds. The van der Waals surface area contributed by atoms with Crippen LogP contribution < -0.4 is 10.0 Å². The Morgan fingerprint density at radius 3 is 2.79 bits per heavy atom. The van der Waals surface area contributed by atoms with E-state index >= 15 is 0 Å². The van der Waals surface area contributed by atoms with Gasteiger partial charge in [0, 0.05) is 29.7 Å². The largest absolute Gasteiger partial charge is 0.354 e. The molecular formula is C19H21N5O2S2. The standard InChI is InChI=1S/C19H21N5O2S2/c1-27-16-6-4-5-14(11-16)21-15-8-9-17(20-12-15)23-28(25,26)19-13-24-10-3-2-7-18(24)22-19/h4-6,8-9,11-13,21H,2-3,7,10H2,1H3,(H,20,23). The number of fused-ring (bicyclic) bond motifs is 1. The number of imidazole rings is 1. The number of sulfonamides is 1. The van der Waals surface area contributed by atoms with Crippen molar-refractivity contribution in [3.05, 3.63) is 54.6 Å². The van der Waals surface area contributed by atoms with Gasteiger partial charge >= 0.3 is 0 Å². The summed E-state index contributed by atoms with van der Waals surface area (Å²) < 4.78 is 29.7. The van der Waals surface area contributed by atoms with Crippen LogP contribution in [-0.2, 0) is 23.0 Å². The van der Waals surface area contributed by atoms with Crippen molar-refractivity contribution in [3.63, 3.8) is 0 Å². The normalized spacial score (nSPS) is 13.8. The molecular weight excluding hydrogens is 394 g/mol. The lowest BCUT2D eigenvalue weighted by Crippen LogP contribution is -2.14. The van der Waals surface area contributed by atoms with Crippen LogP contribution in [0.25, 0.3) is 0 Å². The molecule has 2 aromatic heterocycles. The fraction of sp³-hybridized carbons (Fsp3) is 0.263. The second-order valence-corrected chi connectivity index (χ2v) is 9.05. The number of thioether (sulfide) groups is 1. The first-order chi connectivity index (χ1) is 13.5. The lowest BCUT2D eigenvalue weighted by Gasteiger charge is -2.11. The number of nitrogens with one attached hydrogen (secondary N) is 2. The highest BCUT2D eigenvalue weighted by molar-refractivity contribution is 7.98. The Kier molecular flexibility index (Phi) is 5.27. The number of rotatable bonds is 6. The van der Waals surface area contributed by atoms with Crippen LogP contribution in [0.2, 0.25) is 0 Å². The third kappa shape index (κ3) is 4.15. The first kappa shape index (κ1) is 18.8. The van der Waals surface area contributed by atoms with Gasteiger partial charge in [0.05, 0.1) is 11.9 Å². The Labute approximate surface area is 168 Å². The summed E-state index contributed by atoms with van der Waals surface area (Å²) in [4.78, 5) is 9.65. The van der Waals surface area contributed by atoms with E-state index in [0.29, 0.717) is 0 Å². The van der Waals surface area contributed by atoms with Crippen molar-refractivity contribution in [2.75, 3.05) is 16.3 Å². The molecule has 0 atom stereocenters. The van der Waals surface area contributed by atoms with Gasteiger partial charge in [0.15, 0.2) is 5.03 Å². The lowest BCUT2D eigenvalue weighted by atomic mass is 10.2. The Balaban J connectivity index is 1.47. The topological polar surface area (TPSA) is 88.9 Å². The Bertz CT molecular complexity index is 1050. The van der Waals surface area contributed by atoms with Gasteiger partial charge in [-0.1, -0.05) is 6.07 Å². The molecule has 0 aliphatic carbocycles. The summed E-state index contributed by atoms with van der Waals surface area (Å²) in [5.74, 6) is 1.08.